The van der Waals surface area contributed by atoms with E-state index in [0.717, 1.165) is 38.9 Å². The molecule has 2 aromatic rings. The Morgan fingerprint density at radius 2 is 1.27 bits per heavy atom. The smallest absolute Gasteiger partial charge is 1.00 e. The molecule has 0 radical (unpaired) electrons. The second-order valence-electron chi connectivity index (χ2n) is 10.0. The standard InChI is InChI=1S/C15H20ClN3O5.C7H7Cl2N3O2.C5H10O2.CH2O3.2Cs.H/c16-15-18-12(14(20)24-10-3-7-22-8-4-10)11(17)13(19-15)23-9-1-5-21-6-2-9;1-2-14-6(13)4-3(10)5(8)12-7(9)11-4;6-5-1-3-7-4-2-5;2-1-4-3;;;/h9-10H,1-8,17H2;2,10H2,1H3;5-6H,1-4H2;1,3H;;;/q;;;;2*+1;-1/p-1. The van der Waals surface area contributed by atoms with Gasteiger partial charge in [-0.1, -0.05) is 11.6 Å². The maximum absolute atomic E-state index is 12.4. The molecule has 3 aliphatic rings. The molecule has 0 spiro atoms. The van der Waals surface area contributed by atoms with E-state index in [1.165, 1.54) is 0 Å². The molecule has 3 fully saturated rings. The Kier molecular flexibility index (Phi) is 30.4. The summed E-state index contributed by atoms with van der Waals surface area (Å²) in [5.41, 5.74) is 11.3. The summed E-state index contributed by atoms with van der Waals surface area (Å²) in [7, 11) is 0. The summed E-state index contributed by atoms with van der Waals surface area (Å²) in [6, 6.07) is 0. The Labute approximate surface area is 428 Å². The maximum atomic E-state index is 12.4. The minimum absolute atomic E-state index is 0. The van der Waals surface area contributed by atoms with Gasteiger partial charge in [0.25, 0.3) is 6.47 Å². The number of aromatic nitrogens is 4. The first-order valence-corrected chi connectivity index (χ1v) is 16.1. The van der Waals surface area contributed by atoms with Gasteiger partial charge in [-0.05, 0) is 43.0 Å². The number of aliphatic hydroxyl groups is 1. The summed E-state index contributed by atoms with van der Waals surface area (Å²) in [5, 5.41) is 16.9. The number of carbonyl (C=O) groups excluding carboxylic acids is 3. The topological polar surface area (TPSA) is 263 Å². The van der Waals surface area contributed by atoms with E-state index in [2.05, 4.69) is 24.8 Å². The number of ether oxygens (including phenoxy) is 6. The van der Waals surface area contributed by atoms with Gasteiger partial charge in [-0.25, -0.2) is 24.5 Å². The zero-order chi connectivity index (χ0) is 36.2. The van der Waals surface area contributed by atoms with Crippen molar-refractivity contribution in [3.8, 4) is 5.88 Å². The predicted molar refractivity (Wildman–Crippen MR) is 172 cm³/mol. The number of nitrogens with two attached hydrogens (primary N) is 2. The van der Waals surface area contributed by atoms with Crippen LogP contribution in [0.15, 0.2) is 0 Å². The Morgan fingerprint density at radius 3 is 1.73 bits per heavy atom. The minimum atomic E-state index is -0.670. The zero-order valence-electron chi connectivity index (χ0n) is 29.5. The first kappa shape index (κ1) is 51.7. The van der Waals surface area contributed by atoms with Crippen LogP contribution < -0.4 is 159 Å². The molecule has 2 aromatic heterocycles. The van der Waals surface area contributed by atoms with Gasteiger partial charge >= 0.3 is 150 Å². The van der Waals surface area contributed by atoms with E-state index < -0.39 is 11.9 Å². The van der Waals surface area contributed by atoms with Gasteiger partial charge in [-0.3, -0.25) is 4.79 Å². The fourth-order valence-corrected chi connectivity index (χ4v) is 4.62. The molecule has 276 valence electrons. The molecule has 0 bridgehead atoms. The number of nitrogens with zero attached hydrogens (tertiary/aromatic N) is 4. The molecule has 0 aliphatic carbocycles. The number of esters is 2. The van der Waals surface area contributed by atoms with Crippen LogP contribution in [0.1, 0.15) is 67.9 Å². The molecule has 0 unspecified atom stereocenters. The van der Waals surface area contributed by atoms with Gasteiger partial charge in [-0.15, -0.1) is 0 Å². The molecule has 18 nitrogen and oxygen atoms in total. The summed E-state index contributed by atoms with van der Waals surface area (Å²) in [6.07, 6.45) is 4.01. The van der Waals surface area contributed by atoms with Crippen LogP contribution in [0.2, 0.25) is 15.7 Å². The fourth-order valence-electron chi connectivity index (χ4n) is 4.08. The van der Waals surface area contributed by atoms with E-state index in [1.54, 1.807) is 6.92 Å². The number of halogens is 3. The van der Waals surface area contributed by atoms with E-state index in [-0.39, 0.29) is 215 Å². The van der Waals surface area contributed by atoms with E-state index >= 15 is 0 Å². The Balaban J connectivity index is 0. The van der Waals surface area contributed by atoms with Gasteiger partial charge in [0.15, 0.2) is 16.5 Å². The summed E-state index contributed by atoms with van der Waals surface area (Å²) in [5.74, 6) is -1.18. The van der Waals surface area contributed by atoms with Crippen molar-refractivity contribution in [3.05, 3.63) is 27.1 Å². The number of nitrogen functional groups attached to an aromatic ring is 2. The third kappa shape index (κ3) is 20.5. The van der Waals surface area contributed by atoms with Gasteiger partial charge < -0.3 is 56.6 Å². The monoisotopic (exact) mass is 1020 g/mol. The van der Waals surface area contributed by atoms with Gasteiger partial charge in [0, 0.05) is 38.9 Å². The van der Waals surface area contributed by atoms with Crippen LogP contribution in [-0.4, -0.2) is 108 Å². The largest absolute Gasteiger partial charge is 1.00 e. The predicted octanol–water partition coefficient (Wildman–Crippen LogP) is -4.14. The van der Waals surface area contributed by atoms with Gasteiger partial charge in [0.1, 0.15) is 23.6 Å². The molecule has 3 saturated heterocycles. The van der Waals surface area contributed by atoms with Crippen molar-refractivity contribution in [2.75, 3.05) is 57.7 Å². The number of rotatable bonds is 7. The van der Waals surface area contributed by atoms with Crippen molar-refractivity contribution in [2.24, 2.45) is 0 Å². The van der Waals surface area contributed by atoms with Crippen molar-refractivity contribution in [1.82, 2.24) is 19.9 Å². The van der Waals surface area contributed by atoms with E-state index in [1.807, 2.05) is 0 Å². The Hall–Kier alpha value is 0.744. The number of anilines is 2. The van der Waals surface area contributed by atoms with E-state index in [4.69, 9.17) is 89.8 Å². The molecule has 0 aromatic carbocycles. The summed E-state index contributed by atoms with van der Waals surface area (Å²) in [6.45, 7) is 5.54. The van der Waals surface area contributed by atoms with Crippen molar-refractivity contribution < 1.29 is 197 Å². The molecule has 0 atom stereocenters. The first-order chi connectivity index (χ1) is 23.5. The van der Waals surface area contributed by atoms with Crippen molar-refractivity contribution in [1.29, 1.82) is 0 Å². The summed E-state index contributed by atoms with van der Waals surface area (Å²) < 4.78 is 31.4. The number of aliphatic hydroxyl groups excluding tert-OH is 1. The average molecular weight is 1020 g/mol. The van der Waals surface area contributed by atoms with Crippen molar-refractivity contribution in [2.45, 2.75) is 63.8 Å². The van der Waals surface area contributed by atoms with Crippen LogP contribution in [0.4, 0.5) is 11.4 Å². The molecule has 3 aliphatic heterocycles. The summed E-state index contributed by atoms with van der Waals surface area (Å²) in [4.78, 5) is 50.0. The number of carbonyl (C=O) groups is 3. The van der Waals surface area contributed by atoms with Gasteiger partial charge in [0.2, 0.25) is 16.4 Å². The average Bonchev–Trinajstić information content (AvgIpc) is 3.10. The van der Waals surface area contributed by atoms with Gasteiger partial charge in [0.05, 0.1) is 39.1 Å². The third-order valence-electron chi connectivity index (χ3n) is 6.54. The second kappa shape index (κ2) is 30.0. The molecule has 23 heteroatoms. The summed E-state index contributed by atoms with van der Waals surface area (Å²) >= 11 is 17.0. The second-order valence-corrected chi connectivity index (χ2v) is 11.0. The Morgan fingerprint density at radius 1 is 0.824 bits per heavy atom. The molecular weight excluding hydrogens is 985 g/mol. The van der Waals surface area contributed by atoms with Crippen LogP contribution in [0.5, 0.6) is 5.88 Å². The third-order valence-corrected chi connectivity index (χ3v) is 7.16. The zero-order valence-corrected chi connectivity index (χ0v) is 43.3. The van der Waals surface area contributed by atoms with E-state index in [9.17, 15) is 9.59 Å². The number of hydrogen-bond donors (Lipinski definition) is 3. The molecular formula is C28H39Cl3Cs2N6O12. The Bertz CT molecular complexity index is 1350. The number of hydrogen-bond acceptors (Lipinski definition) is 18. The minimum Gasteiger partial charge on any atom is -1.00 e. The van der Waals surface area contributed by atoms with Crippen LogP contribution >= 0.6 is 34.8 Å². The maximum Gasteiger partial charge on any atom is 1.00 e. The molecule has 5 N–H and O–H groups in total. The molecule has 0 amide bonds. The SMILES string of the molecule is CCOC(=O)c1nc(Cl)nc(Cl)c1N.Nc1c(OC2CCOCC2)nc(Cl)nc1C(=O)OC1CCOCC1.O=CO[O-].OC1CCOCC1.[Cs+].[Cs+].[H-]. The molecule has 0 saturated carbocycles. The molecule has 51 heavy (non-hydrogen) atoms. The van der Waals surface area contributed by atoms with Gasteiger partial charge in [-0.2, -0.15) is 4.98 Å². The first-order valence-electron chi connectivity index (χ1n) is 15.0. The normalized spacial score (nSPS) is 16.0. The van der Waals surface area contributed by atoms with Crippen LogP contribution in [0.25, 0.3) is 0 Å². The van der Waals surface area contributed by atoms with Crippen molar-refractivity contribution in [3.63, 3.8) is 0 Å². The van der Waals surface area contributed by atoms with E-state index in [0.29, 0.717) is 39.3 Å². The fraction of sp³-hybridized carbons (Fsp3) is 0.607. The van der Waals surface area contributed by atoms with Crippen LogP contribution in [-0.2, 0) is 33.4 Å². The van der Waals surface area contributed by atoms with Crippen molar-refractivity contribution >= 4 is 64.6 Å². The molecule has 5 heterocycles. The van der Waals surface area contributed by atoms with Crippen LogP contribution in [0, 0.1) is 0 Å². The molecule has 5 rings (SSSR count). The quantitative estimate of drug-likeness (QED) is 0.0594. The van der Waals surface area contributed by atoms with Crippen LogP contribution in [0.3, 0.4) is 0 Å².